The Bertz CT molecular complexity index is 661. The van der Waals surface area contributed by atoms with Gasteiger partial charge in [0.25, 0.3) is 5.91 Å². The highest BCUT2D eigenvalue weighted by molar-refractivity contribution is 8.26. The fourth-order valence-electron chi connectivity index (χ4n) is 2.37. The SMILES string of the molecule is CCn1c(C)cc(C=C2SC(=S)N(CC(=O)[O-])C2=O)c1C. The van der Waals surface area contributed by atoms with Crippen molar-refractivity contribution in [2.24, 2.45) is 0 Å². The van der Waals surface area contributed by atoms with E-state index in [4.69, 9.17) is 12.2 Å². The molecule has 0 bridgehead atoms. The summed E-state index contributed by atoms with van der Waals surface area (Å²) in [5.74, 6) is -1.70. The summed E-state index contributed by atoms with van der Waals surface area (Å²) >= 11 is 6.17. The minimum atomic E-state index is -1.32. The van der Waals surface area contributed by atoms with E-state index in [0.717, 1.165) is 40.2 Å². The van der Waals surface area contributed by atoms with Crippen molar-refractivity contribution in [3.63, 3.8) is 0 Å². The highest BCUT2D eigenvalue weighted by Gasteiger charge is 2.32. The molecule has 2 heterocycles. The van der Waals surface area contributed by atoms with Crippen molar-refractivity contribution in [2.75, 3.05) is 6.54 Å². The van der Waals surface area contributed by atoms with E-state index >= 15 is 0 Å². The van der Waals surface area contributed by atoms with Crippen LogP contribution in [0.4, 0.5) is 0 Å². The van der Waals surface area contributed by atoms with Gasteiger partial charge in [0.15, 0.2) is 0 Å². The molecule has 0 aliphatic carbocycles. The zero-order valence-electron chi connectivity index (χ0n) is 12.0. The number of aromatic nitrogens is 1. The second kappa shape index (κ2) is 6.03. The molecule has 0 spiro atoms. The maximum atomic E-state index is 12.2. The topological polar surface area (TPSA) is 65.4 Å². The van der Waals surface area contributed by atoms with Crippen molar-refractivity contribution in [1.82, 2.24) is 9.47 Å². The van der Waals surface area contributed by atoms with Crippen molar-refractivity contribution >= 4 is 46.3 Å². The van der Waals surface area contributed by atoms with Crippen LogP contribution in [-0.2, 0) is 16.1 Å². The fourth-order valence-corrected chi connectivity index (χ4v) is 3.61. The summed E-state index contributed by atoms with van der Waals surface area (Å²) in [5, 5.41) is 10.7. The van der Waals surface area contributed by atoms with Gasteiger partial charge in [-0.3, -0.25) is 9.69 Å². The Balaban J connectivity index is 2.33. The van der Waals surface area contributed by atoms with Gasteiger partial charge in [0.05, 0.1) is 17.4 Å². The minimum Gasteiger partial charge on any atom is -0.548 e. The standard InChI is InChI=1S/C14H16N2O3S2/c1-4-15-8(2)5-10(9(15)3)6-11-13(19)16(7-12(17)18)14(20)21-11/h5-6H,4,7H2,1-3H3,(H,17,18)/p-1. The maximum Gasteiger partial charge on any atom is 0.266 e. The van der Waals surface area contributed by atoms with Crippen LogP contribution in [0.2, 0.25) is 0 Å². The number of hydrogen-bond donors (Lipinski definition) is 0. The number of carbonyl (C=O) groups excluding carboxylic acids is 2. The van der Waals surface area contributed by atoms with Crippen LogP contribution >= 0.6 is 24.0 Å². The third-order valence-electron chi connectivity index (χ3n) is 3.38. The Kier molecular flexibility index (Phi) is 4.53. The zero-order valence-corrected chi connectivity index (χ0v) is 13.6. The van der Waals surface area contributed by atoms with Crippen molar-refractivity contribution in [2.45, 2.75) is 27.3 Å². The second-order valence-electron chi connectivity index (χ2n) is 4.71. The Labute approximate surface area is 132 Å². The van der Waals surface area contributed by atoms with E-state index < -0.39 is 12.5 Å². The summed E-state index contributed by atoms with van der Waals surface area (Å²) < 4.78 is 2.40. The molecular weight excluding hydrogens is 308 g/mol. The number of aryl methyl sites for hydroxylation is 1. The normalized spacial score (nSPS) is 17.1. The first-order valence-corrected chi connectivity index (χ1v) is 7.69. The van der Waals surface area contributed by atoms with Gasteiger partial charge in [0, 0.05) is 17.9 Å². The molecule has 0 aromatic carbocycles. The number of thioether (sulfide) groups is 1. The summed E-state index contributed by atoms with van der Waals surface area (Å²) in [7, 11) is 0. The number of thiocarbonyl (C=S) groups is 1. The van der Waals surface area contributed by atoms with Gasteiger partial charge in [-0.1, -0.05) is 24.0 Å². The molecule has 0 radical (unpaired) electrons. The molecular formula is C14H15N2O3S2-. The number of amides is 1. The average molecular weight is 323 g/mol. The van der Waals surface area contributed by atoms with Gasteiger partial charge in [-0.05, 0) is 38.5 Å². The third kappa shape index (κ3) is 3.03. The quantitative estimate of drug-likeness (QED) is 0.613. The molecule has 1 saturated heterocycles. The Morgan fingerprint density at radius 2 is 2.14 bits per heavy atom. The van der Waals surface area contributed by atoms with Crippen LogP contribution < -0.4 is 5.11 Å². The van der Waals surface area contributed by atoms with Crippen LogP contribution in [0, 0.1) is 13.8 Å². The fraction of sp³-hybridized carbons (Fsp3) is 0.357. The predicted octanol–water partition coefficient (Wildman–Crippen LogP) is 1.08. The molecule has 1 aliphatic rings. The molecule has 5 nitrogen and oxygen atoms in total. The lowest BCUT2D eigenvalue weighted by molar-refractivity contribution is -0.305. The van der Waals surface area contributed by atoms with Gasteiger partial charge in [-0.2, -0.15) is 0 Å². The molecule has 0 N–H and O–H groups in total. The number of nitrogens with zero attached hydrogens (tertiary/aromatic N) is 2. The van der Waals surface area contributed by atoms with Gasteiger partial charge in [-0.15, -0.1) is 0 Å². The summed E-state index contributed by atoms with van der Waals surface area (Å²) in [6.07, 6.45) is 1.77. The van der Waals surface area contributed by atoms with E-state index in [1.54, 1.807) is 6.08 Å². The Hall–Kier alpha value is -1.60. The first kappa shape index (κ1) is 15.8. The molecule has 0 saturated carbocycles. The van der Waals surface area contributed by atoms with Crippen LogP contribution in [0.15, 0.2) is 11.0 Å². The molecule has 2 rings (SSSR count). The van der Waals surface area contributed by atoms with Crippen molar-refractivity contribution in [3.8, 4) is 0 Å². The lowest BCUT2D eigenvalue weighted by Gasteiger charge is -2.14. The molecule has 1 aromatic heterocycles. The van der Waals surface area contributed by atoms with E-state index in [2.05, 4.69) is 11.5 Å². The summed E-state index contributed by atoms with van der Waals surface area (Å²) in [5.41, 5.74) is 3.13. The summed E-state index contributed by atoms with van der Waals surface area (Å²) in [6, 6.07) is 2.00. The van der Waals surface area contributed by atoms with Gasteiger partial charge in [0.2, 0.25) is 0 Å². The van der Waals surface area contributed by atoms with Crippen molar-refractivity contribution in [1.29, 1.82) is 0 Å². The first-order chi connectivity index (χ1) is 9.85. The van der Waals surface area contributed by atoms with E-state index in [1.165, 1.54) is 0 Å². The molecule has 7 heteroatoms. The number of carbonyl (C=O) groups is 2. The third-order valence-corrected chi connectivity index (χ3v) is 4.75. The highest BCUT2D eigenvalue weighted by Crippen LogP contribution is 2.33. The number of carboxylic acid groups (broad SMARTS) is 1. The minimum absolute atomic E-state index is 0.250. The van der Waals surface area contributed by atoms with Gasteiger partial charge in [0.1, 0.15) is 4.32 Å². The molecule has 1 fully saturated rings. The molecule has 0 unspecified atom stereocenters. The van der Waals surface area contributed by atoms with Crippen LogP contribution in [-0.4, -0.2) is 32.2 Å². The predicted molar refractivity (Wildman–Crippen MR) is 84.5 cm³/mol. The largest absolute Gasteiger partial charge is 0.548 e. The molecule has 1 amide bonds. The van der Waals surface area contributed by atoms with Gasteiger partial charge >= 0.3 is 0 Å². The number of aliphatic carboxylic acids is 1. The van der Waals surface area contributed by atoms with Gasteiger partial charge < -0.3 is 14.5 Å². The van der Waals surface area contributed by atoms with Crippen LogP contribution in [0.25, 0.3) is 6.08 Å². The molecule has 21 heavy (non-hydrogen) atoms. The lowest BCUT2D eigenvalue weighted by Crippen LogP contribution is -2.40. The van der Waals surface area contributed by atoms with Crippen LogP contribution in [0.5, 0.6) is 0 Å². The monoisotopic (exact) mass is 323 g/mol. The van der Waals surface area contributed by atoms with E-state index in [-0.39, 0.29) is 10.2 Å². The van der Waals surface area contributed by atoms with E-state index in [1.807, 2.05) is 19.9 Å². The molecule has 1 aromatic rings. The van der Waals surface area contributed by atoms with Crippen molar-refractivity contribution in [3.05, 3.63) is 27.9 Å². The zero-order chi connectivity index (χ0) is 15.7. The maximum absolute atomic E-state index is 12.2. The highest BCUT2D eigenvalue weighted by atomic mass is 32.2. The van der Waals surface area contributed by atoms with Crippen LogP contribution in [0.1, 0.15) is 23.9 Å². The van der Waals surface area contributed by atoms with Crippen LogP contribution in [0.3, 0.4) is 0 Å². The Morgan fingerprint density at radius 3 is 2.67 bits per heavy atom. The average Bonchev–Trinajstić information content (AvgIpc) is 2.81. The van der Waals surface area contributed by atoms with Gasteiger partial charge in [-0.25, -0.2) is 0 Å². The smallest absolute Gasteiger partial charge is 0.266 e. The second-order valence-corrected chi connectivity index (χ2v) is 6.39. The molecule has 1 aliphatic heterocycles. The number of hydrogen-bond acceptors (Lipinski definition) is 5. The van der Waals surface area contributed by atoms with Crippen molar-refractivity contribution < 1.29 is 14.7 Å². The molecule has 0 atom stereocenters. The lowest BCUT2D eigenvalue weighted by atomic mass is 10.2. The Morgan fingerprint density at radius 1 is 1.48 bits per heavy atom. The number of carboxylic acids is 1. The molecule has 112 valence electrons. The number of rotatable bonds is 4. The summed E-state index contributed by atoms with van der Waals surface area (Å²) in [4.78, 5) is 24.3. The first-order valence-electron chi connectivity index (χ1n) is 6.47. The van der Waals surface area contributed by atoms with E-state index in [9.17, 15) is 14.7 Å². The van der Waals surface area contributed by atoms with E-state index in [0.29, 0.717) is 4.91 Å². The summed E-state index contributed by atoms with van der Waals surface area (Å²) in [6.45, 7) is 6.41.